The second-order valence-corrected chi connectivity index (χ2v) is 6.81. The zero-order valence-corrected chi connectivity index (χ0v) is 12.7. The van der Waals surface area contributed by atoms with E-state index in [0.29, 0.717) is 24.9 Å². The number of aliphatic carboxylic acids is 1. The third-order valence-corrected chi connectivity index (χ3v) is 5.55. The third-order valence-electron chi connectivity index (χ3n) is 5.55. The van der Waals surface area contributed by atoms with Gasteiger partial charge in [-0.05, 0) is 51.0 Å². The number of carbonyl (C=O) groups is 2. The first-order chi connectivity index (χ1) is 10.2. The zero-order valence-electron chi connectivity index (χ0n) is 12.7. The molecule has 1 amide bonds. The summed E-state index contributed by atoms with van der Waals surface area (Å²) < 4.78 is 0. The largest absolute Gasteiger partial charge is 0.480 e. The standard InChI is InChI=1S/C16H26N2O3/c19-15(11-17-9-4-8-14(17)16(20)21)18-10-3-6-12-5-1-2-7-13(12)18/h12-14H,1-11H2,(H,20,21)/t12?,13?,14-/m1/s1. The Labute approximate surface area is 126 Å². The summed E-state index contributed by atoms with van der Waals surface area (Å²) in [6.45, 7) is 1.90. The van der Waals surface area contributed by atoms with Crippen molar-refractivity contribution in [2.24, 2.45) is 5.92 Å². The average molecular weight is 294 g/mol. The Hall–Kier alpha value is -1.10. The van der Waals surface area contributed by atoms with Gasteiger partial charge in [0.05, 0.1) is 6.54 Å². The fraction of sp³-hybridized carbons (Fsp3) is 0.875. The van der Waals surface area contributed by atoms with Crippen LogP contribution in [0.4, 0.5) is 0 Å². The van der Waals surface area contributed by atoms with Gasteiger partial charge in [-0.1, -0.05) is 12.8 Å². The Kier molecular flexibility index (Phi) is 4.48. The molecule has 3 rings (SSSR count). The van der Waals surface area contributed by atoms with Crippen LogP contribution in [0.15, 0.2) is 0 Å². The number of hydrogen-bond donors (Lipinski definition) is 1. The highest BCUT2D eigenvalue weighted by Gasteiger charge is 2.38. The molecule has 1 saturated carbocycles. The molecule has 3 aliphatic rings. The van der Waals surface area contributed by atoms with Crippen molar-refractivity contribution in [1.82, 2.24) is 9.80 Å². The predicted octanol–water partition coefficient (Wildman–Crippen LogP) is 1.72. The van der Waals surface area contributed by atoms with Crippen LogP contribution >= 0.6 is 0 Å². The lowest BCUT2D eigenvalue weighted by atomic mass is 9.78. The van der Waals surface area contributed by atoms with Gasteiger partial charge in [-0.15, -0.1) is 0 Å². The van der Waals surface area contributed by atoms with Crippen molar-refractivity contribution in [2.45, 2.75) is 63.5 Å². The van der Waals surface area contributed by atoms with Crippen molar-refractivity contribution in [2.75, 3.05) is 19.6 Å². The van der Waals surface area contributed by atoms with Crippen molar-refractivity contribution < 1.29 is 14.7 Å². The minimum absolute atomic E-state index is 0.153. The molecule has 2 aliphatic heterocycles. The van der Waals surface area contributed by atoms with E-state index in [0.717, 1.165) is 32.4 Å². The number of rotatable bonds is 3. The molecule has 3 atom stereocenters. The Bertz CT molecular complexity index is 410. The lowest BCUT2D eigenvalue weighted by Gasteiger charge is -2.44. The van der Waals surface area contributed by atoms with Crippen LogP contribution in [0.1, 0.15) is 51.4 Å². The van der Waals surface area contributed by atoms with E-state index in [2.05, 4.69) is 4.90 Å². The molecule has 5 heteroatoms. The van der Waals surface area contributed by atoms with Crippen LogP contribution in [0.3, 0.4) is 0 Å². The van der Waals surface area contributed by atoms with E-state index in [4.69, 9.17) is 0 Å². The molecule has 0 bridgehead atoms. The average Bonchev–Trinajstić information content (AvgIpc) is 2.95. The predicted molar refractivity (Wildman–Crippen MR) is 78.9 cm³/mol. The van der Waals surface area contributed by atoms with E-state index in [1.165, 1.54) is 25.7 Å². The number of carbonyl (C=O) groups excluding carboxylic acids is 1. The van der Waals surface area contributed by atoms with E-state index in [9.17, 15) is 14.7 Å². The summed E-state index contributed by atoms with van der Waals surface area (Å²) in [5, 5.41) is 9.23. The monoisotopic (exact) mass is 294 g/mol. The molecule has 21 heavy (non-hydrogen) atoms. The molecule has 3 fully saturated rings. The van der Waals surface area contributed by atoms with Gasteiger partial charge >= 0.3 is 5.97 Å². The van der Waals surface area contributed by atoms with E-state index < -0.39 is 12.0 Å². The van der Waals surface area contributed by atoms with E-state index in [-0.39, 0.29) is 5.91 Å². The van der Waals surface area contributed by atoms with Crippen LogP contribution in [-0.4, -0.2) is 58.5 Å². The van der Waals surface area contributed by atoms with Crippen LogP contribution in [0.25, 0.3) is 0 Å². The number of carboxylic acid groups (broad SMARTS) is 1. The molecule has 118 valence electrons. The van der Waals surface area contributed by atoms with Crippen molar-refractivity contribution in [3.8, 4) is 0 Å². The van der Waals surface area contributed by atoms with E-state index in [1.807, 2.05) is 4.90 Å². The normalized spacial score (nSPS) is 33.7. The molecule has 0 spiro atoms. The first kappa shape index (κ1) is 14.8. The van der Waals surface area contributed by atoms with Gasteiger partial charge in [0, 0.05) is 12.6 Å². The highest BCUT2D eigenvalue weighted by molar-refractivity contribution is 5.80. The number of hydrogen-bond acceptors (Lipinski definition) is 3. The molecular formula is C16H26N2O3. The van der Waals surface area contributed by atoms with Crippen molar-refractivity contribution in [3.05, 3.63) is 0 Å². The number of piperidine rings is 1. The van der Waals surface area contributed by atoms with E-state index >= 15 is 0 Å². The Morgan fingerprint density at radius 3 is 2.48 bits per heavy atom. The first-order valence-corrected chi connectivity index (χ1v) is 8.43. The lowest BCUT2D eigenvalue weighted by Crippen LogP contribution is -2.53. The summed E-state index contributed by atoms with van der Waals surface area (Å²) >= 11 is 0. The molecule has 2 heterocycles. The first-order valence-electron chi connectivity index (χ1n) is 8.43. The maximum Gasteiger partial charge on any atom is 0.320 e. The smallest absolute Gasteiger partial charge is 0.320 e. The van der Waals surface area contributed by atoms with E-state index in [1.54, 1.807) is 0 Å². The number of likely N-dealkylation sites (tertiary alicyclic amines) is 2. The maximum absolute atomic E-state index is 12.7. The highest BCUT2D eigenvalue weighted by Crippen LogP contribution is 2.35. The molecule has 0 aromatic heterocycles. The highest BCUT2D eigenvalue weighted by atomic mass is 16.4. The molecule has 1 N–H and O–H groups in total. The molecule has 0 radical (unpaired) electrons. The molecule has 2 unspecified atom stereocenters. The second kappa shape index (κ2) is 6.34. The minimum Gasteiger partial charge on any atom is -0.480 e. The molecule has 1 aliphatic carbocycles. The summed E-state index contributed by atoms with van der Waals surface area (Å²) in [6, 6.07) is -0.0354. The second-order valence-electron chi connectivity index (χ2n) is 6.81. The minimum atomic E-state index is -0.783. The number of nitrogens with zero attached hydrogens (tertiary/aromatic N) is 2. The fourth-order valence-corrected chi connectivity index (χ4v) is 4.49. The van der Waals surface area contributed by atoms with Crippen LogP contribution < -0.4 is 0 Å². The van der Waals surface area contributed by atoms with Gasteiger partial charge in [0.1, 0.15) is 6.04 Å². The molecular weight excluding hydrogens is 268 g/mol. The van der Waals surface area contributed by atoms with Crippen LogP contribution in [0, 0.1) is 5.92 Å². The molecule has 2 saturated heterocycles. The topological polar surface area (TPSA) is 60.9 Å². The summed E-state index contributed by atoms with van der Waals surface area (Å²) in [4.78, 5) is 27.8. The number of fused-ring (bicyclic) bond motifs is 1. The number of carboxylic acids is 1. The van der Waals surface area contributed by atoms with Gasteiger partial charge in [0.25, 0.3) is 0 Å². The number of amides is 1. The Balaban J connectivity index is 1.62. The maximum atomic E-state index is 12.7. The van der Waals surface area contributed by atoms with Gasteiger partial charge in [-0.3, -0.25) is 14.5 Å². The van der Waals surface area contributed by atoms with Crippen LogP contribution in [0.5, 0.6) is 0 Å². The van der Waals surface area contributed by atoms with Gasteiger partial charge in [-0.25, -0.2) is 0 Å². The van der Waals surface area contributed by atoms with Crippen molar-refractivity contribution in [3.63, 3.8) is 0 Å². The summed E-state index contributed by atoms with van der Waals surface area (Å²) in [7, 11) is 0. The SMILES string of the molecule is O=C(O)[C@H]1CCCN1CC(=O)N1CCCC2CCCCC21. The van der Waals surface area contributed by atoms with Gasteiger partial charge in [0.15, 0.2) is 0 Å². The van der Waals surface area contributed by atoms with Crippen LogP contribution in [0.2, 0.25) is 0 Å². The Morgan fingerprint density at radius 1 is 0.952 bits per heavy atom. The van der Waals surface area contributed by atoms with Gasteiger partial charge in [-0.2, -0.15) is 0 Å². The lowest BCUT2D eigenvalue weighted by molar-refractivity contribution is -0.144. The van der Waals surface area contributed by atoms with Crippen molar-refractivity contribution >= 4 is 11.9 Å². The molecule has 0 aromatic carbocycles. The summed E-state index contributed by atoms with van der Waals surface area (Å²) in [6.07, 6.45) is 8.85. The fourth-order valence-electron chi connectivity index (χ4n) is 4.49. The quantitative estimate of drug-likeness (QED) is 0.861. The van der Waals surface area contributed by atoms with Gasteiger partial charge < -0.3 is 10.0 Å². The molecule has 0 aromatic rings. The van der Waals surface area contributed by atoms with Crippen molar-refractivity contribution in [1.29, 1.82) is 0 Å². The van der Waals surface area contributed by atoms with Crippen LogP contribution in [-0.2, 0) is 9.59 Å². The van der Waals surface area contributed by atoms with Gasteiger partial charge in [0.2, 0.25) is 5.91 Å². The summed E-state index contributed by atoms with van der Waals surface area (Å²) in [5.41, 5.74) is 0. The molecule has 5 nitrogen and oxygen atoms in total. The summed E-state index contributed by atoms with van der Waals surface area (Å²) in [5.74, 6) is 0.0551. The Morgan fingerprint density at radius 2 is 1.67 bits per heavy atom. The third kappa shape index (κ3) is 3.07. The zero-order chi connectivity index (χ0) is 14.8.